The van der Waals surface area contributed by atoms with E-state index in [9.17, 15) is 14.9 Å². The summed E-state index contributed by atoms with van der Waals surface area (Å²) in [5, 5.41) is 13.6. The molecule has 0 bridgehead atoms. The molecule has 6 nitrogen and oxygen atoms in total. The van der Waals surface area contributed by atoms with Gasteiger partial charge >= 0.3 is 5.88 Å². The summed E-state index contributed by atoms with van der Waals surface area (Å²) in [6.07, 6.45) is 0. The van der Waals surface area contributed by atoms with Gasteiger partial charge in [0.1, 0.15) is 10.7 Å². The lowest BCUT2D eigenvalue weighted by Crippen LogP contribution is -2.05. The van der Waals surface area contributed by atoms with E-state index in [1.807, 2.05) is 0 Å². The number of rotatable bonds is 3. The lowest BCUT2D eigenvalue weighted by Gasteiger charge is -2.08. The fourth-order valence-electron chi connectivity index (χ4n) is 1.64. The van der Waals surface area contributed by atoms with Crippen molar-refractivity contribution in [2.75, 3.05) is 5.32 Å². The van der Waals surface area contributed by atoms with Crippen LogP contribution in [0.15, 0.2) is 28.7 Å². The Morgan fingerprint density at radius 1 is 1.30 bits per heavy atom. The molecule has 0 saturated carbocycles. The Bertz CT molecular complexity index is 674. The predicted molar refractivity (Wildman–Crippen MR) is 75.1 cm³/mol. The first-order valence-corrected chi connectivity index (χ1v) is 6.15. The van der Waals surface area contributed by atoms with Crippen molar-refractivity contribution in [3.8, 4) is 11.3 Å². The molecular weight excluding hydrogens is 307 g/mol. The first-order chi connectivity index (χ1) is 9.38. The molecule has 1 aromatic heterocycles. The number of halogens is 2. The van der Waals surface area contributed by atoms with E-state index in [-0.39, 0.29) is 21.7 Å². The molecule has 0 aliphatic carbocycles. The van der Waals surface area contributed by atoms with Crippen LogP contribution >= 0.6 is 23.2 Å². The number of benzene rings is 1. The predicted octanol–water partition coefficient (Wildman–Crippen LogP) is 4.12. The van der Waals surface area contributed by atoms with Crippen molar-refractivity contribution in [1.29, 1.82) is 0 Å². The van der Waals surface area contributed by atoms with Gasteiger partial charge in [-0.3, -0.25) is 14.9 Å². The minimum Gasteiger partial charge on any atom is -0.401 e. The van der Waals surface area contributed by atoms with Crippen molar-refractivity contribution in [1.82, 2.24) is 0 Å². The Morgan fingerprint density at radius 2 is 1.90 bits per heavy atom. The molecule has 2 rings (SSSR count). The third-order valence-electron chi connectivity index (χ3n) is 2.38. The molecule has 0 atom stereocenters. The van der Waals surface area contributed by atoms with E-state index in [1.54, 1.807) is 0 Å². The van der Waals surface area contributed by atoms with Gasteiger partial charge in [0.25, 0.3) is 0 Å². The van der Waals surface area contributed by atoms with Gasteiger partial charge in [0.2, 0.25) is 5.91 Å². The minimum atomic E-state index is -0.656. The van der Waals surface area contributed by atoms with E-state index < -0.39 is 10.8 Å². The Balaban J connectivity index is 2.46. The number of nitrogens with zero attached hydrogens (tertiary/aromatic N) is 1. The van der Waals surface area contributed by atoms with E-state index in [1.165, 1.54) is 31.2 Å². The van der Waals surface area contributed by atoms with Crippen LogP contribution in [0.4, 0.5) is 11.6 Å². The van der Waals surface area contributed by atoms with Gasteiger partial charge in [0, 0.05) is 12.6 Å². The van der Waals surface area contributed by atoms with Crippen molar-refractivity contribution >= 4 is 40.7 Å². The Morgan fingerprint density at radius 3 is 2.35 bits per heavy atom. The van der Waals surface area contributed by atoms with Gasteiger partial charge in [-0.25, -0.2) is 0 Å². The zero-order valence-electron chi connectivity index (χ0n) is 10.1. The summed E-state index contributed by atoms with van der Waals surface area (Å²) < 4.78 is 5.06. The standard InChI is InChI=1S/C12H8Cl2N2O4/c1-6(17)15-7-4-8(13)12(9(14)5-7)10-2-3-11(20-10)16(18)19/h2-5H,1H3,(H,15,17). The molecule has 104 valence electrons. The van der Waals surface area contributed by atoms with E-state index in [0.717, 1.165) is 0 Å². The Labute approximate surface area is 123 Å². The molecular formula is C12H8Cl2N2O4. The summed E-state index contributed by atoms with van der Waals surface area (Å²) in [5.41, 5.74) is 0.757. The Hall–Kier alpha value is -2.05. The van der Waals surface area contributed by atoms with Crippen LogP contribution in [0.2, 0.25) is 10.0 Å². The molecule has 1 N–H and O–H groups in total. The smallest absolute Gasteiger partial charge is 0.401 e. The molecule has 0 spiro atoms. The van der Waals surface area contributed by atoms with Crippen LogP contribution in [0, 0.1) is 10.1 Å². The molecule has 1 heterocycles. The largest absolute Gasteiger partial charge is 0.433 e. The number of hydrogen-bond donors (Lipinski definition) is 1. The highest BCUT2D eigenvalue weighted by atomic mass is 35.5. The van der Waals surface area contributed by atoms with Crippen molar-refractivity contribution in [2.45, 2.75) is 6.92 Å². The zero-order chi connectivity index (χ0) is 14.9. The third-order valence-corrected chi connectivity index (χ3v) is 2.98. The summed E-state index contributed by atoms with van der Waals surface area (Å²) in [7, 11) is 0. The summed E-state index contributed by atoms with van der Waals surface area (Å²) in [5.74, 6) is -0.488. The average molecular weight is 315 g/mol. The van der Waals surface area contributed by atoms with Gasteiger partial charge in [0.05, 0.1) is 21.7 Å². The maximum absolute atomic E-state index is 11.0. The van der Waals surface area contributed by atoms with Crippen molar-refractivity contribution in [3.63, 3.8) is 0 Å². The molecule has 20 heavy (non-hydrogen) atoms. The lowest BCUT2D eigenvalue weighted by molar-refractivity contribution is -0.401. The molecule has 0 fully saturated rings. The summed E-state index contributed by atoms with van der Waals surface area (Å²) in [6, 6.07) is 5.59. The van der Waals surface area contributed by atoms with E-state index in [2.05, 4.69) is 5.32 Å². The Kier molecular flexibility index (Phi) is 3.96. The number of nitro groups is 1. The van der Waals surface area contributed by atoms with Crippen molar-refractivity contribution in [2.24, 2.45) is 0 Å². The van der Waals surface area contributed by atoms with Crippen molar-refractivity contribution < 1.29 is 14.1 Å². The molecule has 1 amide bonds. The summed E-state index contributed by atoms with van der Waals surface area (Å²) >= 11 is 12.2. The fourth-order valence-corrected chi connectivity index (χ4v) is 2.32. The highest BCUT2D eigenvalue weighted by molar-refractivity contribution is 6.39. The summed E-state index contributed by atoms with van der Waals surface area (Å²) in [6.45, 7) is 1.35. The normalized spacial score (nSPS) is 10.3. The molecule has 0 radical (unpaired) electrons. The number of carbonyl (C=O) groups is 1. The third kappa shape index (κ3) is 2.92. The van der Waals surface area contributed by atoms with E-state index in [4.69, 9.17) is 27.6 Å². The number of anilines is 1. The van der Waals surface area contributed by atoms with Gasteiger partial charge in [-0.15, -0.1) is 0 Å². The number of nitrogens with one attached hydrogen (secondary N) is 1. The molecule has 1 aromatic carbocycles. The van der Waals surface area contributed by atoms with E-state index >= 15 is 0 Å². The minimum absolute atomic E-state index is 0.182. The van der Waals surface area contributed by atoms with Gasteiger partial charge in [0.15, 0.2) is 0 Å². The van der Waals surface area contributed by atoms with Gasteiger partial charge in [-0.2, -0.15) is 0 Å². The molecule has 2 aromatic rings. The molecule has 0 aliphatic heterocycles. The quantitative estimate of drug-likeness (QED) is 0.682. The maximum atomic E-state index is 11.0. The number of amides is 1. The monoisotopic (exact) mass is 314 g/mol. The van der Waals surface area contributed by atoms with Crippen LogP contribution < -0.4 is 5.32 Å². The van der Waals surface area contributed by atoms with Crippen LogP contribution in [0.3, 0.4) is 0 Å². The first-order valence-electron chi connectivity index (χ1n) is 5.39. The number of furan rings is 1. The fraction of sp³-hybridized carbons (Fsp3) is 0.0833. The maximum Gasteiger partial charge on any atom is 0.433 e. The van der Waals surface area contributed by atoms with E-state index in [0.29, 0.717) is 11.3 Å². The number of carbonyl (C=O) groups excluding carboxylic acids is 1. The molecule has 0 saturated heterocycles. The van der Waals surface area contributed by atoms with Crippen LogP contribution in [-0.2, 0) is 4.79 Å². The van der Waals surface area contributed by atoms with Crippen molar-refractivity contribution in [3.05, 3.63) is 44.4 Å². The van der Waals surface area contributed by atoms with Crippen LogP contribution in [0.25, 0.3) is 11.3 Å². The lowest BCUT2D eigenvalue weighted by atomic mass is 10.1. The SMILES string of the molecule is CC(=O)Nc1cc(Cl)c(-c2ccc([N+](=O)[O-])o2)c(Cl)c1. The molecule has 8 heteroatoms. The summed E-state index contributed by atoms with van der Waals surface area (Å²) in [4.78, 5) is 20.9. The second-order valence-electron chi connectivity index (χ2n) is 3.89. The van der Waals surface area contributed by atoms with Gasteiger partial charge < -0.3 is 9.73 Å². The average Bonchev–Trinajstić information content (AvgIpc) is 2.76. The van der Waals surface area contributed by atoms with Crippen LogP contribution in [0.5, 0.6) is 0 Å². The second-order valence-corrected chi connectivity index (χ2v) is 4.71. The second kappa shape index (κ2) is 5.52. The highest BCUT2D eigenvalue weighted by Crippen LogP contribution is 2.39. The molecule has 0 unspecified atom stereocenters. The topological polar surface area (TPSA) is 85.4 Å². The number of hydrogen-bond acceptors (Lipinski definition) is 4. The highest BCUT2D eigenvalue weighted by Gasteiger charge is 2.18. The van der Waals surface area contributed by atoms with Crippen LogP contribution in [-0.4, -0.2) is 10.8 Å². The van der Waals surface area contributed by atoms with Crippen LogP contribution in [0.1, 0.15) is 6.92 Å². The zero-order valence-corrected chi connectivity index (χ0v) is 11.7. The first kappa shape index (κ1) is 14.4. The van der Waals surface area contributed by atoms with Gasteiger partial charge in [-0.05, 0) is 18.2 Å². The molecule has 0 aliphatic rings. The van der Waals surface area contributed by atoms with Gasteiger partial charge in [-0.1, -0.05) is 23.2 Å².